The second-order valence-corrected chi connectivity index (χ2v) is 6.96. The first-order valence-corrected chi connectivity index (χ1v) is 8.90. The van der Waals surface area contributed by atoms with Crippen molar-refractivity contribution in [3.05, 3.63) is 80.7 Å². The van der Waals surface area contributed by atoms with Gasteiger partial charge in [-0.2, -0.15) is 0 Å². The summed E-state index contributed by atoms with van der Waals surface area (Å²) in [6.45, 7) is 0.230. The van der Waals surface area contributed by atoms with Crippen LogP contribution in [0.5, 0.6) is 0 Å². The number of carbonyl (C=O) groups is 1. The largest absolute Gasteiger partial charge is 0.301 e. The van der Waals surface area contributed by atoms with Crippen molar-refractivity contribution in [2.24, 2.45) is 0 Å². The van der Waals surface area contributed by atoms with Crippen molar-refractivity contribution in [3.8, 4) is 0 Å². The average Bonchev–Trinajstić information content (AvgIpc) is 3.24. The molecule has 0 saturated heterocycles. The van der Waals surface area contributed by atoms with Gasteiger partial charge in [-0.15, -0.1) is 22.7 Å². The molecular formula is C18H13F2NOS2. The Kier molecular flexibility index (Phi) is 5.17. The Morgan fingerprint density at radius 1 is 1.08 bits per heavy atom. The average molecular weight is 361 g/mol. The summed E-state index contributed by atoms with van der Waals surface area (Å²) >= 11 is 2.98. The summed E-state index contributed by atoms with van der Waals surface area (Å²) in [6.07, 6.45) is 3.10. The molecule has 0 bridgehead atoms. The van der Waals surface area contributed by atoms with Crippen molar-refractivity contribution in [1.29, 1.82) is 0 Å². The summed E-state index contributed by atoms with van der Waals surface area (Å²) in [5.74, 6) is -1.79. The van der Waals surface area contributed by atoms with Crippen LogP contribution < -0.4 is 4.90 Å². The van der Waals surface area contributed by atoms with E-state index in [2.05, 4.69) is 0 Å². The van der Waals surface area contributed by atoms with Crippen LogP contribution in [-0.4, -0.2) is 5.91 Å². The van der Waals surface area contributed by atoms with Crippen LogP contribution in [0.15, 0.2) is 59.3 Å². The molecule has 0 atom stereocenters. The molecule has 6 heteroatoms. The van der Waals surface area contributed by atoms with E-state index in [1.807, 2.05) is 35.0 Å². The second kappa shape index (κ2) is 7.51. The lowest BCUT2D eigenvalue weighted by atomic mass is 10.2. The van der Waals surface area contributed by atoms with Gasteiger partial charge < -0.3 is 4.90 Å². The molecule has 0 N–H and O–H groups in total. The van der Waals surface area contributed by atoms with E-state index in [-0.39, 0.29) is 18.1 Å². The van der Waals surface area contributed by atoms with Gasteiger partial charge in [0.25, 0.3) is 5.91 Å². The fourth-order valence-corrected chi connectivity index (χ4v) is 3.48. The SMILES string of the molecule is O=C(/C=C/c1cccs1)N(Cc1cccs1)c1ccc(F)cc1F. The zero-order valence-electron chi connectivity index (χ0n) is 12.5. The summed E-state index contributed by atoms with van der Waals surface area (Å²) in [5, 5.41) is 3.80. The lowest BCUT2D eigenvalue weighted by Gasteiger charge is -2.21. The van der Waals surface area contributed by atoms with E-state index < -0.39 is 11.6 Å². The van der Waals surface area contributed by atoms with Gasteiger partial charge in [0.2, 0.25) is 0 Å². The van der Waals surface area contributed by atoms with E-state index in [4.69, 9.17) is 0 Å². The first kappa shape index (κ1) is 16.5. The van der Waals surface area contributed by atoms with E-state index >= 15 is 0 Å². The van der Waals surface area contributed by atoms with Crippen LogP contribution >= 0.6 is 22.7 Å². The summed E-state index contributed by atoms with van der Waals surface area (Å²) in [6, 6.07) is 10.7. The van der Waals surface area contributed by atoms with Crippen LogP contribution in [0.25, 0.3) is 6.08 Å². The molecule has 24 heavy (non-hydrogen) atoms. The van der Waals surface area contributed by atoms with Gasteiger partial charge in [0.1, 0.15) is 11.6 Å². The lowest BCUT2D eigenvalue weighted by molar-refractivity contribution is -0.114. The monoisotopic (exact) mass is 361 g/mol. The Balaban J connectivity index is 1.90. The number of amides is 1. The maximum atomic E-state index is 14.2. The maximum Gasteiger partial charge on any atom is 0.251 e. The molecule has 122 valence electrons. The molecule has 2 aromatic heterocycles. The molecule has 2 nitrogen and oxygen atoms in total. The van der Waals surface area contributed by atoms with Gasteiger partial charge in [-0.25, -0.2) is 8.78 Å². The maximum absolute atomic E-state index is 14.2. The molecule has 0 fully saturated rings. The number of thiophene rings is 2. The van der Waals surface area contributed by atoms with Gasteiger partial charge in [-0.3, -0.25) is 4.79 Å². The number of nitrogens with zero attached hydrogens (tertiary/aromatic N) is 1. The molecule has 1 amide bonds. The van der Waals surface area contributed by atoms with Gasteiger partial charge in [-0.05, 0) is 41.1 Å². The number of hydrogen-bond donors (Lipinski definition) is 0. The molecular weight excluding hydrogens is 348 g/mol. The number of rotatable bonds is 5. The molecule has 0 aliphatic heterocycles. The van der Waals surface area contributed by atoms with Crippen LogP contribution in [0, 0.1) is 11.6 Å². The standard InChI is InChI=1S/C18H13F2NOS2/c19-13-5-7-17(16(20)11-13)21(12-15-4-2-10-24-15)18(22)8-6-14-3-1-9-23-14/h1-11H,12H2/b8-6+. The first-order valence-electron chi connectivity index (χ1n) is 7.14. The highest BCUT2D eigenvalue weighted by Gasteiger charge is 2.18. The number of carbonyl (C=O) groups excluding carboxylic acids is 1. The minimum absolute atomic E-state index is 0.0608. The van der Waals surface area contributed by atoms with Crippen LogP contribution in [0.4, 0.5) is 14.5 Å². The second-order valence-electron chi connectivity index (χ2n) is 4.95. The molecule has 0 aliphatic rings. The molecule has 1 aromatic carbocycles. The lowest BCUT2D eigenvalue weighted by Crippen LogP contribution is -2.29. The third kappa shape index (κ3) is 3.96. The van der Waals surface area contributed by atoms with Gasteiger partial charge in [0, 0.05) is 21.9 Å². The first-order chi connectivity index (χ1) is 11.6. The Morgan fingerprint density at radius 3 is 2.54 bits per heavy atom. The molecule has 3 aromatic rings. The summed E-state index contributed by atoms with van der Waals surface area (Å²) in [5.41, 5.74) is 0.0608. The van der Waals surface area contributed by atoms with E-state index in [0.717, 1.165) is 21.9 Å². The van der Waals surface area contributed by atoms with E-state index in [1.54, 1.807) is 6.08 Å². The van der Waals surface area contributed by atoms with Crippen molar-refractivity contribution in [2.75, 3.05) is 4.90 Å². The molecule has 0 saturated carbocycles. The van der Waals surface area contributed by atoms with Crippen molar-refractivity contribution >= 4 is 40.3 Å². The topological polar surface area (TPSA) is 20.3 Å². The van der Waals surface area contributed by atoms with Crippen molar-refractivity contribution in [2.45, 2.75) is 6.54 Å². The number of anilines is 1. The molecule has 3 rings (SSSR count). The molecule has 0 radical (unpaired) electrons. The number of benzene rings is 1. The van der Waals surface area contributed by atoms with Crippen LogP contribution in [-0.2, 0) is 11.3 Å². The zero-order valence-corrected chi connectivity index (χ0v) is 14.1. The molecule has 0 unspecified atom stereocenters. The minimum atomic E-state index is -0.760. The third-order valence-corrected chi connectivity index (χ3v) is 4.99. The molecule has 2 heterocycles. The molecule has 0 spiro atoms. The van der Waals surface area contributed by atoms with E-state index in [0.29, 0.717) is 0 Å². The highest BCUT2D eigenvalue weighted by atomic mass is 32.1. The van der Waals surface area contributed by atoms with Crippen LogP contribution in [0.1, 0.15) is 9.75 Å². The highest BCUT2D eigenvalue weighted by molar-refractivity contribution is 7.10. The van der Waals surface area contributed by atoms with E-state index in [1.165, 1.54) is 39.7 Å². The van der Waals surface area contributed by atoms with Crippen LogP contribution in [0.3, 0.4) is 0 Å². The Hall–Kier alpha value is -2.31. The molecule has 0 aliphatic carbocycles. The number of halogens is 2. The van der Waals surface area contributed by atoms with E-state index in [9.17, 15) is 13.6 Å². The van der Waals surface area contributed by atoms with Crippen molar-refractivity contribution < 1.29 is 13.6 Å². The zero-order chi connectivity index (χ0) is 16.9. The minimum Gasteiger partial charge on any atom is -0.301 e. The fourth-order valence-electron chi connectivity index (χ4n) is 2.17. The smallest absolute Gasteiger partial charge is 0.251 e. The highest BCUT2D eigenvalue weighted by Crippen LogP contribution is 2.24. The normalized spacial score (nSPS) is 11.1. The third-order valence-electron chi connectivity index (χ3n) is 3.29. The quantitative estimate of drug-likeness (QED) is 0.562. The van der Waals surface area contributed by atoms with Gasteiger partial charge in [0.15, 0.2) is 0 Å². The summed E-state index contributed by atoms with van der Waals surface area (Å²) in [4.78, 5) is 15.7. The Morgan fingerprint density at radius 2 is 1.88 bits per heavy atom. The van der Waals surface area contributed by atoms with Crippen molar-refractivity contribution in [3.63, 3.8) is 0 Å². The number of hydrogen-bond acceptors (Lipinski definition) is 3. The predicted octanol–water partition coefficient (Wildman–Crippen LogP) is 5.33. The predicted molar refractivity (Wildman–Crippen MR) is 95.2 cm³/mol. The Bertz CT molecular complexity index is 842. The van der Waals surface area contributed by atoms with Gasteiger partial charge in [-0.1, -0.05) is 12.1 Å². The summed E-state index contributed by atoms with van der Waals surface area (Å²) in [7, 11) is 0. The summed E-state index contributed by atoms with van der Waals surface area (Å²) < 4.78 is 27.3. The van der Waals surface area contributed by atoms with Gasteiger partial charge in [0.05, 0.1) is 12.2 Å². The Labute approximate surface area is 146 Å². The van der Waals surface area contributed by atoms with Gasteiger partial charge >= 0.3 is 0 Å². The van der Waals surface area contributed by atoms with Crippen LogP contribution in [0.2, 0.25) is 0 Å². The van der Waals surface area contributed by atoms with Crippen molar-refractivity contribution in [1.82, 2.24) is 0 Å². The fraction of sp³-hybridized carbons (Fsp3) is 0.0556.